The summed E-state index contributed by atoms with van der Waals surface area (Å²) in [6.07, 6.45) is 2.55. The number of halogens is 1. The van der Waals surface area contributed by atoms with Gasteiger partial charge in [-0.15, -0.1) is 0 Å². The van der Waals surface area contributed by atoms with Crippen molar-refractivity contribution in [2.75, 3.05) is 19.8 Å². The van der Waals surface area contributed by atoms with E-state index in [9.17, 15) is 4.79 Å². The van der Waals surface area contributed by atoms with Crippen molar-refractivity contribution in [3.63, 3.8) is 0 Å². The zero-order chi connectivity index (χ0) is 26.9. The fraction of sp³-hybridized carbons (Fsp3) is 0.355. The van der Waals surface area contributed by atoms with E-state index in [0.717, 1.165) is 42.0 Å². The van der Waals surface area contributed by atoms with Crippen molar-refractivity contribution in [2.45, 2.75) is 52.5 Å². The highest BCUT2D eigenvalue weighted by Gasteiger charge is 2.12. The second-order valence-corrected chi connectivity index (χ2v) is 10.2. The van der Waals surface area contributed by atoms with Crippen LogP contribution >= 0.6 is 11.6 Å². The van der Waals surface area contributed by atoms with Gasteiger partial charge < -0.3 is 19.4 Å². The number of aromatic nitrogens is 2. The lowest BCUT2D eigenvalue weighted by molar-refractivity contribution is -0.123. The molecule has 3 aromatic carbocycles. The van der Waals surface area contributed by atoms with Gasteiger partial charge in [0.15, 0.2) is 6.61 Å². The summed E-state index contributed by atoms with van der Waals surface area (Å²) in [4.78, 5) is 17.1. The lowest BCUT2D eigenvalue weighted by Gasteiger charge is -2.15. The van der Waals surface area contributed by atoms with Gasteiger partial charge in [-0.25, -0.2) is 4.98 Å². The number of imidazole rings is 1. The Bertz CT molecular complexity index is 1350. The molecule has 1 amide bonds. The first-order chi connectivity index (χ1) is 18.4. The maximum Gasteiger partial charge on any atom is 0.257 e. The van der Waals surface area contributed by atoms with Gasteiger partial charge in [-0.05, 0) is 79.3 Å². The van der Waals surface area contributed by atoms with Gasteiger partial charge in [0, 0.05) is 24.5 Å². The summed E-state index contributed by atoms with van der Waals surface area (Å²) in [5.74, 6) is 2.82. The van der Waals surface area contributed by atoms with Crippen LogP contribution in [0.4, 0.5) is 0 Å². The maximum absolute atomic E-state index is 12.3. The zero-order valence-corrected chi connectivity index (χ0v) is 23.1. The largest absolute Gasteiger partial charge is 0.493 e. The molecular weight excluding hydrogens is 498 g/mol. The SMILES string of the molecule is Cc1ccc(C(C)C)c(OCCCCn2c(CCNC(=O)COc3ccc(Cl)cc3)nc3ccccc32)c1. The Morgan fingerprint density at radius 1 is 1.03 bits per heavy atom. The standard InChI is InChI=1S/C31H36ClN3O3/c1-22(2)26-15-10-23(3)20-29(26)37-19-7-6-18-35-28-9-5-4-8-27(28)34-30(35)16-17-33-31(36)21-38-25-13-11-24(32)12-14-25/h4-5,8-15,20,22H,6-7,16-19,21H2,1-3H3,(H,33,36). The van der Waals surface area contributed by atoms with E-state index < -0.39 is 0 Å². The number of nitrogens with zero attached hydrogens (tertiary/aromatic N) is 2. The Kier molecular flexibility index (Phi) is 9.66. The van der Waals surface area contributed by atoms with Crippen molar-refractivity contribution >= 4 is 28.5 Å². The number of benzene rings is 3. The number of unbranched alkanes of at least 4 members (excludes halogenated alkanes) is 1. The van der Waals surface area contributed by atoms with Gasteiger partial charge in [0.1, 0.15) is 17.3 Å². The molecule has 0 aliphatic rings. The summed E-state index contributed by atoms with van der Waals surface area (Å²) in [6, 6.07) is 21.6. The molecule has 0 radical (unpaired) electrons. The summed E-state index contributed by atoms with van der Waals surface area (Å²) >= 11 is 5.89. The highest BCUT2D eigenvalue weighted by atomic mass is 35.5. The minimum absolute atomic E-state index is 0.0441. The van der Waals surface area contributed by atoms with Crippen molar-refractivity contribution < 1.29 is 14.3 Å². The number of ether oxygens (including phenoxy) is 2. The number of fused-ring (bicyclic) bond motifs is 1. The van der Waals surface area contributed by atoms with Crippen LogP contribution in [0.2, 0.25) is 5.02 Å². The van der Waals surface area contributed by atoms with Crippen molar-refractivity contribution in [1.29, 1.82) is 0 Å². The molecule has 1 heterocycles. The van der Waals surface area contributed by atoms with Crippen LogP contribution < -0.4 is 14.8 Å². The molecule has 0 aliphatic heterocycles. The van der Waals surface area contributed by atoms with E-state index in [0.29, 0.717) is 36.3 Å². The van der Waals surface area contributed by atoms with Crippen molar-refractivity contribution in [2.24, 2.45) is 0 Å². The lowest BCUT2D eigenvalue weighted by atomic mass is 10.0. The average Bonchev–Trinajstić information content (AvgIpc) is 3.25. The molecule has 0 spiro atoms. The van der Waals surface area contributed by atoms with Crippen molar-refractivity contribution in [3.05, 3.63) is 88.7 Å². The molecular formula is C31H36ClN3O3. The van der Waals surface area contributed by atoms with Gasteiger partial charge in [0.25, 0.3) is 5.91 Å². The Morgan fingerprint density at radius 2 is 1.82 bits per heavy atom. The molecule has 0 fully saturated rings. The molecule has 38 heavy (non-hydrogen) atoms. The van der Waals surface area contributed by atoms with E-state index in [1.807, 2.05) is 18.2 Å². The number of carbonyl (C=O) groups is 1. The van der Waals surface area contributed by atoms with E-state index in [2.05, 4.69) is 54.9 Å². The van der Waals surface area contributed by atoms with Crippen molar-refractivity contribution in [1.82, 2.24) is 14.9 Å². The summed E-state index contributed by atoms with van der Waals surface area (Å²) < 4.78 is 14.0. The van der Waals surface area contributed by atoms with Crippen LogP contribution in [0.5, 0.6) is 11.5 Å². The van der Waals surface area contributed by atoms with E-state index in [1.165, 1.54) is 11.1 Å². The molecule has 6 nitrogen and oxygen atoms in total. The summed E-state index contributed by atoms with van der Waals surface area (Å²) in [5, 5.41) is 3.56. The summed E-state index contributed by atoms with van der Waals surface area (Å²) in [7, 11) is 0. The second-order valence-electron chi connectivity index (χ2n) is 9.76. The van der Waals surface area contributed by atoms with Crippen LogP contribution in [0.15, 0.2) is 66.7 Å². The highest BCUT2D eigenvalue weighted by Crippen LogP contribution is 2.27. The summed E-state index contributed by atoms with van der Waals surface area (Å²) in [5.41, 5.74) is 4.54. The monoisotopic (exact) mass is 533 g/mol. The predicted octanol–water partition coefficient (Wildman–Crippen LogP) is 6.72. The molecule has 0 unspecified atom stereocenters. The molecule has 1 aromatic heterocycles. The molecule has 4 rings (SSSR count). The van der Waals surface area contributed by atoms with E-state index in [1.54, 1.807) is 24.3 Å². The molecule has 0 saturated carbocycles. The Labute approximate surface area is 229 Å². The van der Waals surface area contributed by atoms with Crippen LogP contribution in [-0.4, -0.2) is 35.2 Å². The van der Waals surface area contributed by atoms with Crippen LogP contribution in [0.25, 0.3) is 11.0 Å². The summed E-state index contributed by atoms with van der Waals surface area (Å²) in [6.45, 7) is 8.44. The molecule has 0 aliphatic carbocycles. The predicted molar refractivity (Wildman–Crippen MR) is 153 cm³/mol. The number of nitrogens with one attached hydrogen (secondary N) is 1. The Hall–Kier alpha value is -3.51. The molecule has 0 atom stereocenters. The third-order valence-corrected chi connectivity index (χ3v) is 6.66. The van der Waals surface area contributed by atoms with Gasteiger partial charge in [-0.3, -0.25) is 4.79 Å². The van der Waals surface area contributed by atoms with E-state index in [-0.39, 0.29) is 12.5 Å². The first-order valence-corrected chi connectivity index (χ1v) is 13.6. The average molecular weight is 534 g/mol. The second kappa shape index (κ2) is 13.3. The quantitative estimate of drug-likeness (QED) is 0.194. The van der Waals surface area contributed by atoms with Gasteiger partial charge in [-0.1, -0.05) is 49.7 Å². The third-order valence-electron chi connectivity index (χ3n) is 6.41. The number of para-hydroxylation sites is 2. The van der Waals surface area contributed by atoms with Crippen molar-refractivity contribution in [3.8, 4) is 11.5 Å². The zero-order valence-electron chi connectivity index (χ0n) is 22.4. The minimum atomic E-state index is -0.170. The Balaban J connectivity index is 1.28. The number of hydrogen-bond donors (Lipinski definition) is 1. The molecule has 4 aromatic rings. The molecule has 200 valence electrons. The maximum atomic E-state index is 12.3. The van der Waals surface area contributed by atoms with Crippen LogP contribution in [0.1, 0.15) is 49.6 Å². The van der Waals surface area contributed by atoms with Gasteiger partial charge in [-0.2, -0.15) is 0 Å². The number of carbonyl (C=O) groups excluding carboxylic acids is 1. The lowest BCUT2D eigenvalue weighted by Crippen LogP contribution is -2.31. The van der Waals surface area contributed by atoms with Gasteiger partial charge >= 0.3 is 0 Å². The topological polar surface area (TPSA) is 65.4 Å². The first kappa shape index (κ1) is 27.5. The van der Waals surface area contributed by atoms with E-state index in [4.69, 9.17) is 26.1 Å². The number of aryl methyl sites for hydroxylation is 2. The third kappa shape index (κ3) is 7.51. The number of rotatable bonds is 13. The fourth-order valence-corrected chi connectivity index (χ4v) is 4.53. The molecule has 0 saturated heterocycles. The number of amides is 1. The van der Waals surface area contributed by atoms with Gasteiger partial charge in [0.2, 0.25) is 0 Å². The molecule has 0 bridgehead atoms. The van der Waals surface area contributed by atoms with E-state index >= 15 is 0 Å². The van der Waals surface area contributed by atoms with Crippen LogP contribution in [-0.2, 0) is 17.8 Å². The normalized spacial score (nSPS) is 11.2. The number of hydrogen-bond acceptors (Lipinski definition) is 4. The Morgan fingerprint density at radius 3 is 2.61 bits per heavy atom. The molecule has 1 N–H and O–H groups in total. The minimum Gasteiger partial charge on any atom is -0.493 e. The smallest absolute Gasteiger partial charge is 0.257 e. The fourth-order valence-electron chi connectivity index (χ4n) is 4.41. The van der Waals surface area contributed by atoms with Crippen LogP contribution in [0, 0.1) is 6.92 Å². The van der Waals surface area contributed by atoms with Gasteiger partial charge in [0.05, 0.1) is 17.6 Å². The molecule has 7 heteroatoms. The van der Waals surface area contributed by atoms with Crippen LogP contribution in [0.3, 0.4) is 0 Å². The first-order valence-electron chi connectivity index (χ1n) is 13.2. The highest BCUT2D eigenvalue weighted by molar-refractivity contribution is 6.30.